The van der Waals surface area contributed by atoms with Crippen LogP contribution < -0.4 is 10.5 Å². The monoisotopic (exact) mass is 277 g/mol. The second kappa shape index (κ2) is 5.22. The number of nitrogens with zero attached hydrogens (tertiary/aromatic N) is 1. The van der Waals surface area contributed by atoms with E-state index in [1.54, 1.807) is 13.2 Å². The molecule has 0 aliphatic rings. The molecular weight excluding hydrogens is 262 g/mol. The minimum atomic E-state index is -0.365. The Morgan fingerprint density at radius 3 is 2.81 bits per heavy atom. The molecule has 1 atom stereocenters. The summed E-state index contributed by atoms with van der Waals surface area (Å²) in [6.07, 6.45) is 1.89. The number of H-pyrrole nitrogens is 1. The largest absolute Gasteiger partial charge is 0.495 e. The molecule has 1 heterocycles. The maximum Gasteiger partial charge on any atom is 0.142 e. The first-order chi connectivity index (χ1) is 10.2. The fraction of sp³-hybridized carbons (Fsp3) is 0.118. The van der Waals surface area contributed by atoms with E-state index < -0.39 is 0 Å². The number of para-hydroxylation sites is 1. The van der Waals surface area contributed by atoms with Gasteiger partial charge in [0.1, 0.15) is 5.75 Å². The molecule has 0 bridgehead atoms. The van der Waals surface area contributed by atoms with Crippen molar-refractivity contribution in [2.45, 2.75) is 5.92 Å². The molecule has 3 rings (SSSR count). The van der Waals surface area contributed by atoms with Gasteiger partial charge in [0.05, 0.1) is 24.8 Å². The number of methoxy groups -OCH3 is 1. The van der Waals surface area contributed by atoms with Gasteiger partial charge in [-0.25, -0.2) is 0 Å². The third-order valence-electron chi connectivity index (χ3n) is 3.65. The van der Waals surface area contributed by atoms with Gasteiger partial charge in [-0.15, -0.1) is 0 Å². The van der Waals surface area contributed by atoms with E-state index >= 15 is 0 Å². The van der Waals surface area contributed by atoms with Crippen LogP contribution in [0.2, 0.25) is 0 Å². The molecule has 1 unspecified atom stereocenters. The fourth-order valence-corrected chi connectivity index (χ4v) is 2.56. The van der Waals surface area contributed by atoms with Gasteiger partial charge in [0.25, 0.3) is 0 Å². The van der Waals surface area contributed by atoms with Gasteiger partial charge in [-0.2, -0.15) is 5.26 Å². The number of nitrogen functional groups attached to an aromatic ring is 1. The molecule has 104 valence electrons. The second-order valence-electron chi connectivity index (χ2n) is 4.85. The minimum absolute atomic E-state index is 0.365. The Labute approximate surface area is 122 Å². The molecule has 0 fully saturated rings. The van der Waals surface area contributed by atoms with Crippen molar-refractivity contribution in [2.75, 3.05) is 12.8 Å². The van der Waals surface area contributed by atoms with Gasteiger partial charge in [-0.1, -0.05) is 24.3 Å². The highest BCUT2D eigenvalue weighted by molar-refractivity contribution is 5.84. The quantitative estimate of drug-likeness (QED) is 0.720. The first kappa shape index (κ1) is 13.1. The maximum atomic E-state index is 9.61. The van der Waals surface area contributed by atoms with Crippen molar-refractivity contribution < 1.29 is 4.74 Å². The number of nitrogens with one attached hydrogen (secondary N) is 1. The average molecular weight is 277 g/mol. The van der Waals surface area contributed by atoms with Crippen LogP contribution in [-0.2, 0) is 0 Å². The molecule has 0 aliphatic heterocycles. The SMILES string of the molecule is COc1cc(C(C#N)c2c[nH]c3ccccc23)ccc1N. The number of nitriles is 1. The summed E-state index contributed by atoms with van der Waals surface area (Å²) in [5.41, 5.74) is 9.25. The van der Waals surface area contributed by atoms with Crippen molar-refractivity contribution in [3.05, 3.63) is 59.8 Å². The highest BCUT2D eigenvalue weighted by atomic mass is 16.5. The minimum Gasteiger partial charge on any atom is -0.495 e. The van der Waals surface area contributed by atoms with Crippen LogP contribution in [0.1, 0.15) is 17.0 Å². The van der Waals surface area contributed by atoms with Gasteiger partial charge in [-0.05, 0) is 29.3 Å². The van der Waals surface area contributed by atoms with Crippen molar-refractivity contribution in [1.82, 2.24) is 4.98 Å². The number of hydrogen-bond donors (Lipinski definition) is 2. The summed E-state index contributed by atoms with van der Waals surface area (Å²) in [7, 11) is 1.57. The number of anilines is 1. The van der Waals surface area contributed by atoms with Crippen molar-refractivity contribution in [2.24, 2.45) is 0 Å². The van der Waals surface area contributed by atoms with Crippen LogP contribution in [0.3, 0.4) is 0 Å². The molecule has 0 radical (unpaired) electrons. The number of nitrogens with two attached hydrogens (primary N) is 1. The highest BCUT2D eigenvalue weighted by Gasteiger charge is 2.18. The second-order valence-corrected chi connectivity index (χ2v) is 4.85. The molecule has 0 amide bonds. The Balaban J connectivity index is 2.13. The standard InChI is InChI=1S/C17H15N3O/c1-21-17-8-11(6-7-15(17)19)13(9-18)14-10-20-16-5-3-2-4-12(14)16/h2-8,10,13,20H,19H2,1H3. The van der Waals surface area contributed by atoms with E-state index in [0.29, 0.717) is 11.4 Å². The van der Waals surface area contributed by atoms with Crippen LogP contribution in [0.15, 0.2) is 48.7 Å². The van der Waals surface area contributed by atoms with Crippen LogP contribution in [0.4, 0.5) is 5.69 Å². The Bertz CT molecular complexity index is 829. The number of aromatic amines is 1. The molecule has 3 aromatic rings. The summed E-state index contributed by atoms with van der Waals surface area (Å²) in [5.74, 6) is 0.225. The van der Waals surface area contributed by atoms with E-state index in [-0.39, 0.29) is 5.92 Å². The summed E-state index contributed by atoms with van der Waals surface area (Å²) >= 11 is 0. The van der Waals surface area contributed by atoms with Crippen LogP contribution >= 0.6 is 0 Å². The lowest BCUT2D eigenvalue weighted by Crippen LogP contribution is -2.00. The van der Waals surface area contributed by atoms with Crippen LogP contribution in [0.25, 0.3) is 10.9 Å². The highest BCUT2D eigenvalue weighted by Crippen LogP contribution is 2.33. The van der Waals surface area contributed by atoms with Gasteiger partial charge in [0.2, 0.25) is 0 Å². The third kappa shape index (κ3) is 2.19. The zero-order valence-electron chi connectivity index (χ0n) is 11.6. The van der Waals surface area contributed by atoms with E-state index in [1.807, 2.05) is 42.6 Å². The van der Waals surface area contributed by atoms with Crippen molar-refractivity contribution >= 4 is 16.6 Å². The van der Waals surface area contributed by atoms with Gasteiger partial charge < -0.3 is 15.5 Å². The van der Waals surface area contributed by atoms with E-state index in [1.165, 1.54) is 0 Å². The van der Waals surface area contributed by atoms with Crippen molar-refractivity contribution in [3.63, 3.8) is 0 Å². The number of hydrogen-bond acceptors (Lipinski definition) is 3. The van der Waals surface area contributed by atoms with Gasteiger partial charge in [-0.3, -0.25) is 0 Å². The molecule has 0 aliphatic carbocycles. The molecule has 4 heteroatoms. The lowest BCUT2D eigenvalue weighted by Gasteiger charge is -2.12. The molecule has 0 saturated heterocycles. The van der Waals surface area contributed by atoms with E-state index in [2.05, 4.69) is 11.1 Å². The van der Waals surface area contributed by atoms with E-state index in [4.69, 9.17) is 10.5 Å². The lowest BCUT2D eigenvalue weighted by molar-refractivity contribution is 0.416. The topological polar surface area (TPSA) is 74.8 Å². The van der Waals surface area contributed by atoms with E-state index in [9.17, 15) is 5.26 Å². The Morgan fingerprint density at radius 2 is 2.05 bits per heavy atom. The molecule has 4 nitrogen and oxygen atoms in total. The molecule has 3 N–H and O–H groups in total. The Morgan fingerprint density at radius 1 is 1.24 bits per heavy atom. The van der Waals surface area contributed by atoms with Crippen LogP contribution in [-0.4, -0.2) is 12.1 Å². The van der Waals surface area contributed by atoms with Crippen molar-refractivity contribution in [1.29, 1.82) is 5.26 Å². The molecule has 0 saturated carbocycles. The fourth-order valence-electron chi connectivity index (χ4n) is 2.56. The number of fused-ring (bicyclic) bond motifs is 1. The summed E-state index contributed by atoms with van der Waals surface area (Å²) in [5, 5.41) is 10.7. The first-order valence-electron chi connectivity index (χ1n) is 6.63. The maximum absolute atomic E-state index is 9.61. The molecule has 0 spiro atoms. The number of rotatable bonds is 3. The zero-order valence-corrected chi connectivity index (χ0v) is 11.6. The lowest BCUT2D eigenvalue weighted by atomic mass is 9.92. The van der Waals surface area contributed by atoms with Crippen molar-refractivity contribution in [3.8, 4) is 11.8 Å². The van der Waals surface area contributed by atoms with Gasteiger partial charge in [0, 0.05) is 17.1 Å². The average Bonchev–Trinajstić information content (AvgIpc) is 2.94. The molecule has 1 aromatic heterocycles. The van der Waals surface area contributed by atoms with Gasteiger partial charge >= 0.3 is 0 Å². The number of benzene rings is 2. The Kier molecular flexibility index (Phi) is 3.25. The summed E-state index contributed by atoms with van der Waals surface area (Å²) in [4.78, 5) is 3.21. The summed E-state index contributed by atoms with van der Waals surface area (Å²) in [6.45, 7) is 0. The number of aromatic nitrogens is 1. The molecule has 2 aromatic carbocycles. The van der Waals surface area contributed by atoms with Crippen LogP contribution in [0.5, 0.6) is 5.75 Å². The van der Waals surface area contributed by atoms with Crippen LogP contribution in [0, 0.1) is 11.3 Å². The normalized spacial score (nSPS) is 12.0. The van der Waals surface area contributed by atoms with Gasteiger partial charge in [0.15, 0.2) is 0 Å². The Hall–Kier alpha value is -2.93. The molecule has 21 heavy (non-hydrogen) atoms. The molecular formula is C17H15N3O. The number of ether oxygens (including phenoxy) is 1. The summed E-state index contributed by atoms with van der Waals surface area (Å²) < 4.78 is 5.24. The smallest absolute Gasteiger partial charge is 0.142 e. The first-order valence-corrected chi connectivity index (χ1v) is 6.63. The predicted molar refractivity (Wildman–Crippen MR) is 83.2 cm³/mol. The predicted octanol–water partition coefficient (Wildman–Crippen LogP) is 3.41. The zero-order chi connectivity index (χ0) is 14.8. The van der Waals surface area contributed by atoms with E-state index in [0.717, 1.165) is 22.0 Å². The third-order valence-corrected chi connectivity index (χ3v) is 3.65. The summed E-state index contributed by atoms with van der Waals surface area (Å²) in [6, 6.07) is 15.8.